The summed E-state index contributed by atoms with van der Waals surface area (Å²) in [5.74, 6) is 0.926. The maximum atomic E-state index is 6.00. The van der Waals surface area contributed by atoms with Gasteiger partial charge in [-0.2, -0.15) is 0 Å². The van der Waals surface area contributed by atoms with Crippen molar-refractivity contribution in [2.75, 3.05) is 20.2 Å². The lowest BCUT2D eigenvalue weighted by atomic mass is 9.60. The van der Waals surface area contributed by atoms with Crippen LogP contribution in [0.3, 0.4) is 0 Å². The topological polar surface area (TPSA) is 76.4 Å². The minimum absolute atomic E-state index is 0. The normalized spacial score (nSPS) is 24.2. The minimum atomic E-state index is 0. The van der Waals surface area contributed by atoms with E-state index < -0.39 is 0 Å². The van der Waals surface area contributed by atoms with Crippen molar-refractivity contribution in [3.8, 4) is 0 Å². The van der Waals surface area contributed by atoms with Crippen molar-refractivity contribution in [3.63, 3.8) is 0 Å². The fraction of sp³-hybridized carbons (Fsp3) is 0.833. The van der Waals surface area contributed by atoms with Gasteiger partial charge in [-0.1, -0.05) is 12.8 Å². The first-order chi connectivity index (χ1) is 12.3. The number of ether oxygens (including phenoxy) is 1. The smallest absolute Gasteiger partial charge is 0.191 e. The van der Waals surface area contributed by atoms with Gasteiger partial charge in [0.05, 0.1) is 6.10 Å². The van der Waals surface area contributed by atoms with Crippen LogP contribution in [0.2, 0.25) is 0 Å². The largest absolute Gasteiger partial charge is 0.378 e. The molecule has 7 nitrogen and oxygen atoms in total. The lowest BCUT2D eigenvalue weighted by Crippen LogP contribution is -2.65. The molecular formula is C18H33IN6O. The number of hydrogen-bond donors (Lipinski definition) is 2. The number of guanidine groups is 1. The Bertz CT molecular complexity index is 544. The molecule has 0 radical (unpaired) electrons. The van der Waals surface area contributed by atoms with Crippen molar-refractivity contribution in [1.82, 2.24) is 25.4 Å². The Balaban J connectivity index is 0.00000243. The van der Waals surface area contributed by atoms with Crippen LogP contribution in [0.1, 0.15) is 51.9 Å². The van der Waals surface area contributed by atoms with Gasteiger partial charge in [0.25, 0.3) is 0 Å². The third kappa shape index (κ3) is 4.88. The van der Waals surface area contributed by atoms with E-state index in [1.165, 1.54) is 25.7 Å². The van der Waals surface area contributed by atoms with E-state index >= 15 is 0 Å². The Hall–Kier alpha value is -0.900. The Kier molecular flexibility index (Phi) is 8.59. The second kappa shape index (κ2) is 10.4. The summed E-state index contributed by atoms with van der Waals surface area (Å²) in [5, 5.41) is 14.8. The van der Waals surface area contributed by atoms with Crippen LogP contribution in [0.15, 0.2) is 17.6 Å². The van der Waals surface area contributed by atoms with Crippen LogP contribution in [0.4, 0.5) is 0 Å². The summed E-state index contributed by atoms with van der Waals surface area (Å²) in [7, 11) is 1.85. The van der Waals surface area contributed by atoms with Gasteiger partial charge in [-0.05, 0) is 39.0 Å². The Labute approximate surface area is 173 Å². The first-order valence-corrected chi connectivity index (χ1v) is 9.69. The van der Waals surface area contributed by atoms with Gasteiger partial charge in [0.15, 0.2) is 5.96 Å². The summed E-state index contributed by atoms with van der Waals surface area (Å²) >= 11 is 0. The number of aromatic nitrogens is 3. The first-order valence-electron chi connectivity index (χ1n) is 9.69. The van der Waals surface area contributed by atoms with Gasteiger partial charge in [0, 0.05) is 38.2 Å². The fourth-order valence-corrected chi connectivity index (χ4v) is 4.41. The zero-order valence-corrected chi connectivity index (χ0v) is 18.3. The molecule has 0 aliphatic heterocycles. The highest BCUT2D eigenvalue weighted by atomic mass is 127. The van der Waals surface area contributed by atoms with Crippen LogP contribution in [0, 0.1) is 5.41 Å². The van der Waals surface area contributed by atoms with Gasteiger partial charge < -0.3 is 19.9 Å². The van der Waals surface area contributed by atoms with Crippen LogP contribution in [-0.2, 0) is 11.3 Å². The monoisotopic (exact) mass is 476 g/mol. The Morgan fingerprint density at radius 2 is 2.00 bits per heavy atom. The molecule has 1 heterocycles. The van der Waals surface area contributed by atoms with Crippen LogP contribution >= 0.6 is 24.0 Å². The summed E-state index contributed by atoms with van der Waals surface area (Å²) in [6.07, 6.45) is 12.5. The van der Waals surface area contributed by atoms with E-state index in [9.17, 15) is 0 Å². The number of nitrogens with one attached hydrogen (secondary N) is 2. The molecule has 26 heavy (non-hydrogen) atoms. The molecule has 1 aromatic rings. The van der Waals surface area contributed by atoms with E-state index in [1.807, 2.05) is 11.6 Å². The predicted molar refractivity (Wildman–Crippen MR) is 114 cm³/mol. The number of unbranched alkanes of at least 4 members (excludes halogenated alkanes) is 1. The van der Waals surface area contributed by atoms with Crippen molar-refractivity contribution in [1.29, 1.82) is 0 Å². The van der Waals surface area contributed by atoms with E-state index in [-0.39, 0.29) is 24.0 Å². The number of hydrogen-bond acceptors (Lipinski definition) is 4. The highest BCUT2D eigenvalue weighted by Crippen LogP contribution is 2.54. The molecule has 0 amide bonds. The van der Waals surface area contributed by atoms with Gasteiger partial charge in [-0.25, -0.2) is 0 Å². The van der Waals surface area contributed by atoms with Crippen molar-refractivity contribution >= 4 is 29.9 Å². The van der Waals surface area contributed by atoms with E-state index in [0.717, 1.165) is 44.9 Å². The summed E-state index contributed by atoms with van der Waals surface area (Å²) in [6.45, 7) is 4.81. The molecule has 2 fully saturated rings. The Morgan fingerprint density at radius 3 is 2.65 bits per heavy atom. The van der Waals surface area contributed by atoms with Gasteiger partial charge in [-0.15, -0.1) is 34.2 Å². The van der Waals surface area contributed by atoms with Crippen molar-refractivity contribution in [3.05, 3.63) is 12.7 Å². The zero-order chi connectivity index (χ0) is 17.5. The molecule has 0 aromatic carbocycles. The summed E-state index contributed by atoms with van der Waals surface area (Å²) < 4.78 is 8.01. The van der Waals surface area contributed by atoms with Crippen LogP contribution < -0.4 is 10.6 Å². The molecular weight excluding hydrogens is 443 g/mol. The quantitative estimate of drug-likeness (QED) is 0.261. The van der Waals surface area contributed by atoms with Crippen LogP contribution in [-0.4, -0.2) is 53.1 Å². The predicted octanol–water partition coefficient (Wildman–Crippen LogP) is 2.58. The highest BCUT2D eigenvalue weighted by Gasteiger charge is 2.56. The molecule has 148 valence electrons. The number of rotatable bonds is 8. The standard InChI is InChI=1S/C18H32N6O.HI/c1-3-25-16-12-15(18(16)8-4-5-9-18)23-17(19-2)20-10-6-7-11-24-13-21-22-14-24;/h13-16H,3-12H2,1-2H3,(H2,19,20,23);1H. The second-order valence-corrected chi connectivity index (χ2v) is 7.22. The maximum Gasteiger partial charge on any atom is 0.191 e. The minimum Gasteiger partial charge on any atom is -0.378 e. The molecule has 0 bridgehead atoms. The molecule has 3 rings (SSSR count). The molecule has 2 N–H and O–H groups in total. The number of halogens is 1. The van der Waals surface area contributed by atoms with Crippen LogP contribution in [0.25, 0.3) is 0 Å². The van der Waals surface area contributed by atoms with E-state index in [0.29, 0.717) is 17.6 Å². The summed E-state index contributed by atoms with van der Waals surface area (Å²) in [4.78, 5) is 4.41. The lowest BCUT2D eigenvalue weighted by Gasteiger charge is -2.54. The van der Waals surface area contributed by atoms with Gasteiger partial charge in [0.2, 0.25) is 0 Å². The van der Waals surface area contributed by atoms with Crippen molar-refractivity contribution in [2.45, 2.75) is 70.6 Å². The number of aryl methyl sites for hydroxylation is 1. The second-order valence-electron chi connectivity index (χ2n) is 7.22. The number of aliphatic imine (C=N–C) groups is 1. The first kappa shape index (κ1) is 21.4. The third-order valence-corrected chi connectivity index (χ3v) is 5.82. The Morgan fingerprint density at radius 1 is 1.27 bits per heavy atom. The van der Waals surface area contributed by atoms with Crippen molar-refractivity contribution < 1.29 is 4.74 Å². The van der Waals surface area contributed by atoms with Crippen molar-refractivity contribution in [2.24, 2.45) is 10.4 Å². The summed E-state index contributed by atoms with van der Waals surface area (Å²) in [6, 6.07) is 0.495. The SMILES string of the molecule is CCOC1CC(NC(=NC)NCCCCn2cnnc2)C12CCCC2.I. The molecule has 2 aliphatic rings. The zero-order valence-electron chi connectivity index (χ0n) is 16.0. The molecule has 2 atom stereocenters. The fourth-order valence-electron chi connectivity index (χ4n) is 4.41. The molecule has 2 aliphatic carbocycles. The lowest BCUT2D eigenvalue weighted by molar-refractivity contribution is -0.125. The highest BCUT2D eigenvalue weighted by molar-refractivity contribution is 14.0. The molecule has 0 saturated heterocycles. The average molecular weight is 476 g/mol. The van der Waals surface area contributed by atoms with E-state index in [4.69, 9.17) is 4.74 Å². The summed E-state index contributed by atoms with van der Waals surface area (Å²) in [5.41, 5.74) is 0.335. The van der Waals surface area contributed by atoms with Crippen LogP contribution in [0.5, 0.6) is 0 Å². The molecule has 1 spiro atoms. The van der Waals surface area contributed by atoms with Gasteiger partial charge in [-0.3, -0.25) is 4.99 Å². The van der Waals surface area contributed by atoms with Gasteiger partial charge in [0.1, 0.15) is 12.7 Å². The number of nitrogens with zero attached hydrogens (tertiary/aromatic N) is 4. The maximum absolute atomic E-state index is 6.00. The van der Waals surface area contributed by atoms with Gasteiger partial charge >= 0.3 is 0 Å². The molecule has 2 unspecified atom stereocenters. The van der Waals surface area contributed by atoms with E-state index in [1.54, 1.807) is 12.7 Å². The van der Waals surface area contributed by atoms with E-state index in [2.05, 4.69) is 32.7 Å². The third-order valence-electron chi connectivity index (χ3n) is 5.82. The molecule has 1 aromatic heterocycles. The average Bonchev–Trinajstić information content (AvgIpc) is 3.31. The molecule has 8 heteroatoms. The molecule has 2 saturated carbocycles.